The molecule has 1 saturated heterocycles. The first-order valence-corrected chi connectivity index (χ1v) is 8.19. The number of aryl methyl sites for hydroxylation is 1. The Morgan fingerprint density at radius 3 is 2.95 bits per heavy atom. The molecule has 2 aliphatic rings. The zero-order chi connectivity index (χ0) is 15.3. The number of nitrogens with zero attached hydrogens (tertiary/aromatic N) is 4. The van der Waals surface area contributed by atoms with Crippen molar-refractivity contribution in [1.82, 2.24) is 19.1 Å². The van der Waals surface area contributed by atoms with Crippen LogP contribution in [0.1, 0.15) is 33.4 Å². The van der Waals surface area contributed by atoms with Gasteiger partial charge in [-0.05, 0) is 36.9 Å². The van der Waals surface area contributed by atoms with Crippen molar-refractivity contribution in [3.63, 3.8) is 0 Å². The third kappa shape index (κ3) is 2.08. The molecule has 1 amide bonds. The maximum atomic E-state index is 12.7. The van der Waals surface area contributed by atoms with Crippen molar-refractivity contribution in [1.29, 1.82) is 0 Å². The molecule has 114 valence electrons. The Labute approximate surface area is 131 Å². The lowest BCUT2D eigenvalue weighted by molar-refractivity contribution is 0.0598. The molecule has 0 saturated carbocycles. The SMILES string of the molecule is Cc1nnsc1C(=O)N1C[C@@H]2C[C@H](C1)c1cccc(=O)n1C2. The topological polar surface area (TPSA) is 68.1 Å². The first-order valence-electron chi connectivity index (χ1n) is 7.41. The van der Waals surface area contributed by atoms with Gasteiger partial charge in [-0.1, -0.05) is 10.6 Å². The van der Waals surface area contributed by atoms with E-state index < -0.39 is 0 Å². The molecule has 0 radical (unpaired) electrons. The molecule has 2 aromatic rings. The van der Waals surface area contributed by atoms with Crippen molar-refractivity contribution in [2.45, 2.75) is 25.8 Å². The third-order valence-electron chi connectivity index (χ3n) is 4.61. The number of fused-ring (bicyclic) bond motifs is 4. The van der Waals surface area contributed by atoms with E-state index in [1.807, 2.05) is 28.5 Å². The van der Waals surface area contributed by atoms with E-state index in [0.717, 1.165) is 23.6 Å². The van der Waals surface area contributed by atoms with Crippen LogP contribution in [0.3, 0.4) is 0 Å². The molecule has 0 aliphatic carbocycles. The number of rotatable bonds is 1. The van der Waals surface area contributed by atoms with Crippen molar-refractivity contribution in [2.75, 3.05) is 13.1 Å². The van der Waals surface area contributed by atoms with Gasteiger partial charge in [-0.2, -0.15) is 0 Å². The Morgan fingerprint density at radius 2 is 2.18 bits per heavy atom. The minimum Gasteiger partial charge on any atom is -0.337 e. The van der Waals surface area contributed by atoms with E-state index in [1.165, 1.54) is 0 Å². The fraction of sp³-hybridized carbons (Fsp3) is 0.467. The zero-order valence-electron chi connectivity index (χ0n) is 12.2. The summed E-state index contributed by atoms with van der Waals surface area (Å²) in [6.45, 7) is 3.88. The van der Waals surface area contributed by atoms with Crippen LogP contribution in [0.4, 0.5) is 0 Å². The van der Waals surface area contributed by atoms with Crippen LogP contribution in [0.2, 0.25) is 0 Å². The summed E-state index contributed by atoms with van der Waals surface area (Å²) in [4.78, 5) is 27.2. The van der Waals surface area contributed by atoms with Crippen molar-refractivity contribution in [3.8, 4) is 0 Å². The van der Waals surface area contributed by atoms with Gasteiger partial charge in [-0.25, -0.2) is 0 Å². The summed E-state index contributed by atoms with van der Waals surface area (Å²) >= 11 is 1.16. The highest BCUT2D eigenvalue weighted by atomic mass is 32.1. The molecule has 0 unspecified atom stereocenters. The molecule has 4 heterocycles. The lowest BCUT2D eigenvalue weighted by atomic mass is 9.83. The van der Waals surface area contributed by atoms with Crippen LogP contribution in [0.5, 0.6) is 0 Å². The van der Waals surface area contributed by atoms with Crippen LogP contribution in [0.25, 0.3) is 0 Å². The van der Waals surface area contributed by atoms with Gasteiger partial charge in [0.1, 0.15) is 4.88 Å². The average molecular weight is 316 g/mol. The minimum atomic E-state index is 0.0222. The number of pyridine rings is 1. The van der Waals surface area contributed by atoms with Gasteiger partial charge < -0.3 is 9.47 Å². The first-order chi connectivity index (χ1) is 10.6. The van der Waals surface area contributed by atoms with Crippen molar-refractivity contribution in [3.05, 3.63) is 44.8 Å². The first kappa shape index (κ1) is 13.6. The Balaban J connectivity index is 1.65. The standard InChI is InChI=1S/C15H16N4O2S/c1-9-14(22-17-16-9)15(21)18-6-10-5-11(8-18)12-3-2-4-13(20)19(12)7-10/h2-4,10-11H,5-8H2,1H3/t10-,11+/m0/s1. The predicted octanol–water partition coefficient (Wildman–Crippen LogP) is 1.27. The Hall–Kier alpha value is -2.02. The Morgan fingerprint density at radius 1 is 1.32 bits per heavy atom. The second kappa shape index (κ2) is 5.01. The van der Waals surface area contributed by atoms with E-state index in [4.69, 9.17) is 0 Å². The lowest BCUT2D eigenvalue weighted by Crippen LogP contribution is -2.49. The summed E-state index contributed by atoms with van der Waals surface area (Å²) in [5.41, 5.74) is 1.82. The summed E-state index contributed by atoms with van der Waals surface area (Å²) in [5.74, 6) is 0.608. The lowest BCUT2D eigenvalue weighted by Gasteiger charge is -2.42. The molecule has 0 spiro atoms. The van der Waals surface area contributed by atoms with E-state index >= 15 is 0 Å². The molecule has 0 N–H and O–H groups in total. The molecule has 7 heteroatoms. The van der Waals surface area contributed by atoms with E-state index in [0.29, 0.717) is 36.1 Å². The molecule has 22 heavy (non-hydrogen) atoms. The smallest absolute Gasteiger partial charge is 0.267 e. The summed E-state index contributed by atoms with van der Waals surface area (Å²) < 4.78 is 5.73. The molecular weight excluding hydrogens is 300 g/mol. The number of aromatic nitrogens is 3. The van der Waals surface area contributed by atoms with Crippen LogP contribution < -0.4 is 5.56 Å². The number of carbonyl (C=O) groups is 1. The summed E-state index contributed by atoms with van der Waals surface area (Å²) in [6, 6.07) is 5.43. The predicted molar refractivity (Wildman–Crippen MR) is 82.1 cm³/mol. The zero-order valence-corrected chi connectivity index (χ0v) is 13.0. The fourth-order valence-electron chi connectivity index (χ4n) is 3.63. The summed E-state index contributed by atoms with van der Waals surface area (Å²) in [5, 5.41) is 3.93. The minimum absolute atomic E-state index is 0.0222. The van der Waals surface area contributed by atoms with E-state index in [-0.39, 0.29) is 17.4 Å². The maximum absolute atomic E-state index is 12.7. The second-order valence-electron chi connectivity index (χ2n) is 6.10. The average Bonchev–Trinajstić information content (AvgIpc) is 2.93. The molecule has 6 nitrogen and oxygen atoms in total. The van der Waals surface area contributed by atoms with Crippen LogP contribution in [-0.2, 0) is 6.54 Å². The van der Waals surface area contributed by atoms with Gasteiger partial charge in [0.2, 0.25) is 0 Å². The van der Waals surface area contributed by atoms with Gasteiger partial charge in [0.15, 0.2) is 0 Å². The number of likely N-dealkylation sites (tertiary alicyclic amines) is 1. The van der Waals surface area contributed by atoms with Crippen LogP contribution in [-0.4, -0.2) is 38.1 Å². The molecule has 4 rings (SSSR count). The van der Waals surface area contributed by atoms with Crippen molar-refractivity contribution >= 4 is 17.4 Å². The molecular formula is C15H16N4O2S. The quantitative estimate of drug-likeness (QED) is 0.794. The molecule has 2 bridgehead atoms. The highest BCUT2D eigenvalue weighted by Crippen LogP contribution is 2.35. The van der Waals surface area contributed by atoms with Crippen LogP contribution >= 0.6 is 11.5 Å². The van der Waals surface area contributed by atoms with Crippen molar-refractivity contribution in [2.24, 2.45) is 5.92 Å². The van der Waals surface area contributed by atoms with Crippen LogP contribution in [0, 0.1) is 12.8 Å². The number of hydrogen-bond donors (Lipinski definition) is 0. The molecule has 1 fully saturated rings. The fourth-order valence-corrected chi connectivity index (χ4v) is 4.26. The van der Waals surface area contributed by atoms with Gasteiger partial charge in [0, 0.05) is 37.3 Å². The highest BCUT2D eigenvalue weighted by molar-refractivity contribution is 7.07. The van der Waals surface area contributed by atoms with Gasteiger partial charge >= 0.3 is 0 Å². The molecule has 0 aromatic carbocycles. The van der Waals surface area contributed by atoms with Gasteiger partial charge in [-0.15, -0.1) is 5.10 Å². The summed E-state index contributed by atoms with van der Waals surface area (Å²) in [7, 11) is 0. The molecule has 2 aliphatic heterocycles. The van der Waals surface area contributed by atoms with E-state index in [1.54, 1.807) is 6.07 Å². The number of piperidine rings is 1. The Kier molecular flexibility index (Phi) is 3.11. The third-order valence-corrected chi connectivity index (χ3v) is 5.43. The maximum Gasteiger partial charge on any atom is 0.267 e. The number of carbonyl (C=O) groups excluding carboxylic acids is 1. The Bertz CT molecular complexity index is 797. The summed E-state index contributed by atoms with van der Waals surface area (Å²) in [6.07, 6.45) is 1.05. The second-order valence-corrected chi connectivity index (χ2v) is 6.85. The monoisotopic (exact) mass is 316 g/mol. The number of hydrogen-bond acceptors (Lipinski definition) is 5. The largest absolute Gasteiger partial charge is 0.337 e. The highest BCUT2D eigenvalue weighted by Gasteiger charge is 2.37. The molecule has 2 atom stereocenters. The van der Waals surface area contributed by atoms with Crippen LogP contribution in [0.15, 0.2) is 23.0 Å². The molecule has 2 aromatic heterocycles. The van der Waals surface area contributed by atoms with E-state index in [2.05, 4.69) is 9.59 Å². The van der Waals surface area contributed by atoms with Gasteiger partial charge in [0.05, 0.1) is 5.69 Å². The van der Waals surface area contributed by atoms with Crippen molar-refractivity contribution < 1.29 is 4.79 Å². The number of amides is 1. The van der Waals surface area contributed by atoms with E-state index in [9.17, 15) is 9.59 Å². The van der Waals surface area contributed by atoms with Gasteiger partial charge in [-0.3, -0.25) is 9.59 Å². The van der Waals surface area contributed by atoms with Gasteiger partial charge in [0.25, 0.3) is 11.5 Å². The normalized spacial score (nSPS) is 23.2.